The number of anilines is 1. The maximum absolute atomic E-state index is 13.6. The van der Waals surface area contributed by atoms with Gasteiger partial charge in [0.1, 0.15) is 5.82 Å². The molecular weight excluding hydrogens is 321 g/mol. The lowest BCUT2D eigenvalue weighted by molar-refractivity contribution is 0.102. The van der Waals surface area contributed by atoms with Gasteiger partial charge in [0.25, 0.3) is 5.91 Å². The van der Waals surface area contributed by atoms with Crippen LogP contribution >= 0.6 is 0 Å². The third-order valence-corrected chi connectivity index (χ3v) is 4.22. The molecule has 1 fully saturated rings. The second-order valence-corrected chi connectivity index (χ2v) is 6.17. The normalized spacial score (nSPS) is 13.7. The maximum Gasteiger partial charge on any atom is 0.255 e. The highest BCUT2D eigenvalue weighted by Gasteiger charge is 2.28. The molecule has 0 radical (unpaired) electrons. The molecule has 0 saturated heterocycles. The lowest BCUT2D eigenvalue weighted by Crippen LogP contribution is -2.12. The van der Waals surface area contributed by atoms with E-state index in [2.05, 4.69) is 20.8 Å². The number of nitrogens with one attached hydrogen (secondary N) is 1. The van der Waals surface area contributed by atoms with Crippen LogP contribution in [0.2, 0.25) is 0 Å². The third-order valence-electron chi connectivity index (χ3n) is 4.22. The minimum Gasteiger partial charge on any atom is -0.322 e. The van der Waals surface area contributed by atoms with Crippen LogP contribution in [0, 0.1) is 12.7 Å². The fourth-order valence-electron chi connectivity index (χ4n) is 2.59. The second kappa shape index (κ2) is 6.08. The van der Waals surface area contributed by atoms with Crippen LogP contribution in [0.4, 0.5) is 10.1 Å². The zero-order chi connectivity index (χ0) is 17.4. The predicted molar refractivity (Wildman–Crippen MR) is 90.6 cm³/mol. The number of hydrogen-bond acceptors (Lipinski definition) is 4. The molecule has 6 nitrogen and oxygen atoms in total. The van der Waals surface area contributed by atoms with Gasteiger partial charge in [0.2, 0.25) is 0 Å². The molecule has 1 saturated carbocycles. The Balaban J connectivity index is 1.51. The number of carbonyl (C=O) groups is 1. The van der Waals surface area contributed by atoms with Crippen molar-refractivity contribution >= 4 is 11.6 Å². The van der Waals surface area contributed by atoms with Crippen molar-refractivity contribution < 1.29 is 9.18 Å². The van der Waals surface area contributed by atoms with Gasteiger partial charge in [0.05, 0.1) is 6.04 Å². The van der Waals surface area contributed by atoms with Gasteiger partial charge in [0, 0.05) is 16.8 Å². The number of amides is 1. The first-order valence-corrected chi connectivity index (χ1v) is 8.07. The SMILES string of the molecule is Cc1ccc(C(=O)Nc2ccc(-c3nnnn3C3CC3)cc2)cc1F. The van der Waals surface area contributed by atoms with Gasteiger partial charge in [-0.15, -0.1) is 5.10 Å². The molecule has 1 aliphatic carbocycles. The average Bonchev–Trinajstić information content (AvgIpc) is 3.35. The summed E-state index contributed by atoms with van der Waals surface area (Å²) in [6, 6.07) is 12.1. The van der Waals surface area contributed by atoms with Crippen molar-refractivity contribution in [2.75, 3.05) is 5.32 Å². The minimum atomic E-state index is -0.394. The van der Waals surface area contributed by atoms with Crippen molar-refractivity contribution in [3.05, 3.63) is 59.4 Å². The highest BCUT2D eigenvalue weighted by atomic mass is 19.1. The Hall–Kier alpha value is -3.09. The number of carbonyl (C=O) groups excluding carboxylic acids is 1. The zero-order valence-electron chi connectivity index (χ0n) is 13.6. The Morgan fingerprint density at radius 3 is 2.64 bits per heavy atom. The second-order valence-electron chi connectivity index (χ2n) is 6.17. The Labute approximate surface area is 143 Å². The molecule has 2 aromatic carbocycles. The quantitative estimate of drug-likeness (QED) is 0.792. The van der Waals surface area contributed by atoms with Gasteiger partial charge in [-0.1, -0.05) is 6.07 Å². The molecule has 1 aromatic heterocycles. The van der Waals surface area contributed by atoms with E-state index in [0.717, 1.165) is 24.2 Å². The molecule has 7 heteroatoms. The molecule has 0 atom stereocenters. The number of aryl methyl sites for hydroxylation is 1. The molecule has 3 aromatic rings. The first kappa shape index (κ1) is 15.4. The molecule has 0 unspecified atom stereocenters. The van der Waals surface area contributed by atoms with E-state index in [0.29, 0.717) is 17.3 Å². The summed E-state index contributed by atoms with van der Waals surface area (Å²) < 4.78 is 15.4. The Kier molecular flexibility index (Phi) is 3.76. The Morgan fingerprint density at radius 1 is 1.20 bits per heavy atom. The van der Waals surface area contributed by atoms with Crippen LogP contribution in [-0.4, -0.2) is 26.1 Å². The van der Waals surface area contributed by atoms with Crippen LogP contribution in [0.15, 0.2) is 42.5 Å². The van der Waals surface area contributed by atoms with Gasteiger partial charge < -0.3 is 5.32 Å². The van der Waals surface area contributed by atoms with Gasteiger partial charge in [-0.05, 0) is 72.2 Å². The minimum absolute atomic E-state index is 0.282. The topological polar surface area (TPSA) is 72.7 Å². The summed E-state index contributed by atoms with van der Waals surface area (Å²) in [5.41, 5.74) is 2.30. The van der Waals surface area contributed by atoms with Crippen LogP contribution in [0.25, 0.3) is 11.4 Å². The van der Waals surface area contributed by atoms with Crippen molar-refractivity contribution in [2.24, 2.45) is 0 Å². The molecular formula is C18H16FN5O. The van der Waals surface area contributed by atoms with Crippen molar-refractivity contribution in [1.29, 1.82) is 0 Å². The number of nitrogens with zero attached hydrogens (tertiary/aromatic N) is 4. The predicted octanol–water partition coefficient (Wildman–Crippen LogP) is 3.37. The van der Waals surface area contributed by atoms with E-state index < -0.39 is 5.82 Å². The smallest absolute Gasteiger partial charge is 0.255 e. The number of hydrogen-bond donors (Lipinski definition) is 1. The van der Waals surface area contributed by atoms with Gasteiger partial charge in [-0.3, -0.25) is 4.79 Å². The summed E-state index contributed by atoms with van der Waals surface area (Å²) in [5, 5.41) is 14.6. The van der Waals surface area contributed by atoms with Crippen LogP contribution in [0.5, 0.6) is 0 Å². The maximum atomic E-state index is 13.6. The van der Waals surface area contributed by atoms with E-state index in [1.165, 1.54) is 6.07 Å². The molecule has 0 bridgehead atoms. The summed E-state index contributed by atoms with van der Waals surface area (Å²) in [6.45, 7) is 1.66. The number of benzene rings is 2. The molecule has 1 N–H and O–H groups in total. The fraction of sp³-hybridized carbons (Fsp3) is 0.222. The van der Waals surface area contributed by atoms with E-state index in [4.69, 9.17) is 0 Å². The van der Waals surface area contributed by atoms with Crippen molar-refractivity contribution in [1.82, 2.24) is 20.2 Å². The van der Waals surface area contributed by atoms with E-state index in [1.807, 2.05) is 16.8 Å². The summed E-state index contributed by atoms with van der Waals surface area (Å²) >= 11 is 0. The standard InChI is InChI=1S/C18H16FN5O/c1-11-2-3-13(10-16(11)19)18(25)20-14-6-4-12(5-7-14)17-21-22-23-24(17)15-8-9-15/h2-7,10,15H,8-9H2,1H3,(H,20,25). The molecule has 1 aliphatic rings. The lowest BCUT2D eigenvalue weighted by Gasteiger charge is -2.07. The summed E-state index contributed by atoms with van der Waals surface area (Å²) in [6.07, 6.45) is 2.19. The van der Waals surface area contributed by atoms with Gasteiger partial charge >= 0.3 is 0 Å². The van der Waals surface area contributed by atoms with Gasteiger partial charge in [0.15, 0.2) is 5.82 Å². The fourth-order valence-corrected chi connectivity index (χ4v) is 2.59. The summed E-state index contributed by atoms with van der Waals surface area (Å²) in [5.74, 6) is -0.0228. The van der Waals surface area contributed by atoms with Crippen LogP contribution in [0.3, 0.4) is 0 Å². The number of halogens is 1. The highest BCUT2D eigenvalue weighted by Crippen LogP contribution is 2.36. The highest BCUT2D eigenvalue weighted by molar-refractivity contribution is 6.04. The molecule has 25 heavy (non-hydrogen) atoms. The summed E-state index contributed by atoms with van der Waals surface area (Å²) in [7, 11) is 0. The number of aromatic nitrogens is 4. The first-order chi connectivity index (χ1) is 12.1. The molecule has 0 aliphatic heterocycles. The molecule has 1 heterocycles. The molecule has 126 valence electrons. The lowest BCUT2D eigenvalue weighted by atomic mass is 10.1. The van der Waals surface area contributed by atoms with Gasteiger partial charge in [-0.2, -0.15) is 0 Å². The molecule has 1 amide bonds. The number of rotatable bonds is 4. The zero-order valence-corrected chi connectivity index (χ0v) is 13.6. The summed E-state index contributed by atoms with van der Waals surface area (Å²) in [4.78, 5) is 12.2. The third kappa shape index (κ3) is 3.13. The van der Waals surface area contributed by atoms with Crippen molar-refractivity contribution in [3.63, 3.8) is 0 Å². The Morgan fingerprint density at radius 2 is 1.96 bits per heavy atom. The monoisotopic (exact) mass is 337 g/mol. The van der Waals surface area contributed by atoms with Crippen molar-refractivity contribution in [2.45, 2.75) is 25.8 Å². The largest absolute Gasteiger partial charge is 0.322 e. The van der Waals surface area contributed by atoms with E-state index in [1.54, 1.807) is 31.2 Å². The van der Waals surface area contributed by atoms with E-state index in [9.17, 15) is 9.18 Å². The van der Waals surface area contributed by atoms with Crippen molar-refractivity contribution in [3.8, 4) is 11.4 Å². The van der Waals surface area contributed by atoms with Crippen LogP contribution < -0.4 is 5.32 Å². The molecule has 4 rings (SSSR count). The Bertz CT molecular complexity index is 931. The molecule has 0 spiro atoms. The van der Waals surface area contributed by atoms with E-state index in [-0.39, 0.29) is 11.5 Å². The first-order valence-electron chi connectivity index (χ1n) is 8.07. The van der Waals surface area contributed by atoms with Crippen LogP contribution in [-0.2, 0) is 0 Å². The number of tetrazole rings is 1. The average molecular weight is 337 g/mol. The van der Waals surface area contributed by atoms with Gasteiger partial charge in [-0.25, -0.2) is 9.07 Å². The van der Waals surface area contributed by atoms with Crippen LogP contribution in [0.1, 0.15) is 34.8 Å². The van der Waals surface area contributed by atoms with E-state index >= 15 is 0 Å².